The van der Waals surface area contributed by atoms with Gasteiger partial charge in [-0.2, -0.15) is 5.10 Å². The molecule has 1 aromatic carbocycles. The predicted molar refractivity (Wildman–Crippen MR) is 79.5 cm³/mol. The van der Waals surface area contributed by atoms with Crippen molar-refractivity contribution in [3.63, 3.8) is 0 Å². The standard InChI is InChI=1S/C12H15ClN4O2S/c1-6-4-9(13)11(5-10(6)14)20(18,19)17-12-7(2)8(3)15-16-12/h4-5H,14H2,1-3H3,(H2,15,16,17). The first-order chi connectivity index (χ1) is 9.22. The topological polar surface area (TPSA) is 101 Å². The molecule has 0 unspecified atom stereocenters. The minimum Gasteiger partial charge on any atom is -0.398 e. The van der Waals surface area contributed by atoms with Gasteiger partial charge in [-0.3, -0.25) is 9.82 Å². The molecule has 6 nitrogen and oxygen atoms in total. The molecule has 20 heavy (non-hydrogen) atoms. The molecule has 0 bridgehead atoms. The second-order valence-electron chi connectivity index (χ2n) is 4.57. The SMILES string of the molecule is Cc1cc(Cl)c(S(=O)(=O)Nc2n[nH]c(C)c2C)cc1N. The number of hydrogen-bond acceptors (Lipinski definition) is 4. The van der Waals surface area contributed by atoms with Crippen LogP contribution in [0.3, 0.4) is 0 Å². The number of nitrogen functional groups attached to an aromatic ring is 1. The molecule has 0 atom stereocenters. The number of hydrogen-bond donors (Lipinski definition) is 3. The number of aromatic nitrogens is 2. The van der Waals surface area contributed by atoms with E-state index in [1.807, 2.05) is 0 Å². The van der Waals surface area contributed by atoms with Gasteiger partial charge in [-0.25, -0.2) is 8.42 Å². The van der Waals surface area contributed by atoms with Crippen LogP contribution in [0.1, 0.15) is 16.8 Å². The van der Waals surface area contributed by atoms with Crippen molar-refractivity contribution in [2.75, 3.05) is 10.5 Å². The lowest BCUT2D eigenvalue weighted by Gasteiger charge is -2.10. The van der Waals surface area contributed by atoms with Crippen LogP contribution in [0.5, 0.6) is 0 Å². The molecule has 2 rings (SSSR count). The maximum Gasteiger partial charge on any atom is 0.264 e. The molecule has 1 heterocycles. The van der Waals surface area contributed by atoms with Crippen LogP contribution in [-0.4, -0.2) is 18.6 Å². The minimum absolute atomic E-state index is 0.0673. The minimum atomic E-state index is -3.84. The highest BCUT2D eigenvalue weighted by molar-refractivity contribution is 7.92. The summed E-state index contributed by atoms with van der Waals surface area (Å²) in [4.78, 5) is -0.0673. The van der Waals surface area contributed by atoms with Gasteiger partial charge in [0.2, 0.25) is 0 Å². The number of benzene rings is 1. The molecule has 0 amide bonds. The quantitative estimate of drug-likeness (QED) is 0.757. The molecule has 0 saturated carbocycles. The van der Waals surface area contributed by atoms with Gasteiger partial charge in [-0.1, -0.05) is 11.6 Å². The lowest BCUT2D eigenvalue weighted by Crippen LogP contribution is -2.15. The largest absolute Gasteiger partial charge is 0.398 e. The van der Waals surface area contributed by atoms with E-state index in [1.54, 1.807) is 20.8 Å². The molecule has 1 aromatic heterocycles. The lowest BCUT2D eigenvalue weighted by molar-refractivity contribution is 0.601. The van der Waals surface area contributed by atoms with Crippen molar-refractivity contribution in [3.05, 3.63) is 34.0 Å². The van der Waals surface area contributed by atoms with Crippen molar-refractivity contribution < 1.29 is 8.42 Å². The summed E-state index contributed by atoms with van der Waals surface area (Å²) in [5.74, 6) is 0.248. The van der Waals surface area contributed by atoms with Gasteiger partial charge in [0, 0.05) is 16.9 Å². The predicted octanol–water partition coefficient (Wildman–Crippen LogP) is 2.37. The smallest absolute Gasteiger partial charge is 0.264 e. The van der Waals surface area contributed by atoms with Crippen LogP contribution in [0, 0.1) is 20.8 Å². The van der Waals surface area contributed by atoms with Crippen LogP contribution < -0.4 is 10.5 Å². The molecule has 4 N–H and O–H groups in total. The maximum absolute atomic E-state index is 12.3. The fraction of sp³-hybridized carbons (Fsp3) is 0.250. The molecular formula is C12H15ClN4O2S. The molecule has 0 radical (unpaired) electrons. The van der Waals surface area contributed by atoms with E-state index >= 15 is 0 Å². The second-order valence-corrected chi connectivity index (χ2v) is 6.62. The summed E-state index contributed by atoms with van der Waals surface area (Å²) in [6.07, 6.45) is 0. The number of nitrogens with two attached hydrogens (primary N) is 1. The van der Waals surface area contributed by atoms with Crippen molar-refractivity contribution in [3.8, 4) is 0 Å². The summed E-state index contributed by atoms with van der Waals surface area (Å²) >= 11 is 5.99. The molecule has 108 valence electrons. The Kier molecular flexibility index (Phi) is 3.66. The van der Waals surface area contributed by atoms with Crippen molar-refractivity contribution >= 4 is 33.1 Å². The van der Waals surface area contributed by atoms with Crippen LogP contribution in [0.2, 0.25) is 5.02 Å². The first-order valence-electron chi connectivity index (χ1n) is 5.82. The Morgan fingerprint density at radius 3 is 2.50 bits per heavy atom. The average Bonchev–Trinajstić information content (AvgIpc) is 2.65. The summed E-state index contributed by atoms with van der Waals surface area (Å²) in [6.45, 7) is 5.32. The molecular weight excluding hydrogens is 300 g/mol. The van der Waals surface area contributed by atoms with Crippen molar-refractivity contribution in [1.29, 1.82) is 0 Å². The van der Waals surface area contributed by atoms with E-state index in [4.69, 9.17) is 17.3 Å². The Hall–Kier alpha value is -1.73. The average molecular weight is 315 g/mol. The van der Waals surface area contributed by atoms with Crippen molar-refractivity contribution in [1.82, 2.24) is 10.2 Å². The van der Waals surface area contributed by atoms with E-state index < -0.39 is 10.0 Å². The van der Waals surface area contributed by atoms with Gasteiger partial charge < -0.3 is 5.73 Å². The number of halogens is 1. The first-order valence-corrected chi connectivity index (χ1v) is 7.68. The van der Waals surface area contributed by atoms with Crippen LogP contribution in [-0.2, 0) is 10.0 Å². The highest BCUT2D eigenvalue weighted by Crippen LogP contribution is 2.28. The molecule has 0 saturated heterocycles. The Balaban J connectivity index is 2.46. The zero-order valence-electron chi connectivity index (χ0n) is 11.3. The van der Waals surface area contributed by atoms with E-state index in [0.717, 1.165) is 16.8 Å². The van der Waals surface area contributed by atoms with Crippen molar-refractivity contribution in [2.45, 2.75) is 25.7 Å². The molecule has 0 fully saturated rings. The Labute approximate surface area is 122 Å². The summed E-state index contributed by atoms with van der Waals surface area (Å²) in [5, 5.41) is 6.74. The van der Waals surface area contributed by atoms with Crippen LogP contribution in [0.4, 0.5) is 11.5 Å². The number of nitrogens with zero attached hydrogens (tertiary/aromatic N) is 1. The third-order valence-corrected chi connectivity index (χ3v) is 4.90. The number of aryl methyl sites for hydroxylation is 2. The number of rotatable bonds is 3. The summed E-state index contributed by atoms with van der Waals surface area (Å²) in [7, 11) is -3.84. The molecule has 0 aliphatic rings. The van der Waals surface area contributed by atoms with E-state index in [9.17, 15) is 8.42 Å². The van der Waals surface area contributed by atoms with Gasteiger partial charge >= 0.3 is 0 Å². The number of aromatic amines is 1. The number of sulfonamides is 1. The third-order valence-electron chi connectivity index (χ3n) is 3.09. The first kappa shape index (κ1) is 14.7. The van der Waals surface area contributed by atoms with Gasteiger partial charge in [0.15, 0.2) is 5.82 Å². The van der Waals surface area contributed by atoms with E-state index in [0.29, 0.717) is 5.69 Å². The number of nitrogens with one attached hydrogen (secondary N) is 2. The van der Waals surface area contributed by atoms with Gasteiger partial charge in [-0.15, -0.1) is 0 Å². The van der Waals surface area contributed by atoms with Crippen molar-refractivity contribution in [2.24, 2.45) is 0 Å². The fourth-order valence-corrected chi connectivity index (χ4v) is 3.33. The normalized spacial score (nSPS) is 11.6. The highest BCUT2D eigenvalue weighted by atomic mass is 35.5. The zero-order valence-corrected chi connectivity index (χ0v) is 12.9. The fourth-order valence-electron chi connectivity index (χ4n) is 1.64. The highest BCUT2D eigenvalue weighted by Gasteiger charge is 2.21. The monoisotopic (exact) mass is 314 g/mol. The summed E-state index contributed by atoms with van der Waals surface area (Å²) in [5.41, 5.74) is 8.35. The van der Waals surface area contributed by atoms with Gasteiger partial charge in [0.1, 0.15) is 4.90 Å². The van der Waals surface area contributed by atoms with Gasteiger partial charge in [0.05, 0.1) is 5.02 Å². The van der Waals surface area contributed by atoms with Crippen LogP contribution in [0.15, 0.2) is 17.0 Å². The van der Waals surface area contributed by atoms with E-state index in [2.05, 4.69) is 14.9 Å². The molecule has 2 aromatic rings. The molecule has 0 aliphatic carbocycles. The summed E-state index contributed by atoms with van der Waals surface area (Å²) < 4.78 is 27.1. The molecule has 0 aliphatic heterocycles. The van der Waals surface area contributed by atoms with Crippen LogP contribution >= 0.6 is 11.6 Å². The third kappa shape index (κ3) is 2.59. The van der Waals surface area contributed by atoms with E-state index in [-0.39, 0.29) is 15.7 Å². The Bertz CT molecular complexity index is 768. The zero-order chi connectivity index (χ0) is 15.1. The number of H-pyrrole nitrogens is 1. The summed E-state index contributed by atoms with van der Waals surface area (Å²) in [6, 6.07) is 2.86. The Morgan fingerprint density at radius 1 is 1.30 bits per heavy atom. The molecule has 0 spiro atoms. The van der Waals surface area contributed by atoms with Gasteiger partial charge in [0.25, 0.3) is 10.0 Å². The van der Waals surface area contributed by atoms with E-state index in [1.165, 1.54) is 12.1 Å². The molecule has 8 heteroatoms. The Morgan fingerprint density at radius 2 is 1.95 bits per heavy atom. The van der Waals surface area contributed by atoms with Crippen LogP contribution in [0.25, 0.3) is 0 Å². The maximum atomic E-state index is 12.3. The number of anilines is 2. The lowest BCUT2D eigenvalue weighted by atomic mass is 10.2. The second kappa shape index (κ2) is 4.99. The van der Waals surface area contributed by atoms with Gasteiger partial charge in [-0.05, 0) is 38.5 Å².